The molecule has 1 aliphatic rings. The van der Waals surface area contributed by atoms with Gasteiger partial charge >= 0.3 is 44.5 Å². The molecule has 31 nitrogen and oxygen atoms in total. The average molecular weight is 2100 g/mol. The van der Waals surface area contributed by atoms with E-state index >= 15 is 0 Å². The number of aromatic carboxylic acids is 2. The van der Waals surface area contributed by atoms with Crippen LogP contribution in [-0.2, 0) is 37.9 Å². The molecule has 0 aliphatic carbocycles. The summed E-state index contributed by atoms with van der Waals surface area (Å²) in [6.07, 6.45) is -1.08. The predicted octanol–water partition coefficient (Wildman–Crippen LogP) is 17.6. The number of aromatic amines is 3. The first kappa shape index (κ1) is 112. The maximum Gasteiger partial charge on any atom is 0.452 e. The van der Waals surface area contributed by atoms with Gasteiger partial charge in [0.1, 0.15) is 50.4 Å². The molecule has 15 rings (SSSR count). The number of likely N-dealkylation sites (tertiary alicyclic amines) is 1. The summed E-state index contributed by atoms with van der Waals surface area (Å²) in [7, 11) is 4.33. The minimum atomic E-state index is -4.75. The van der Waals surface area contributed by atoms with Crippen molar-refractivity contribution >= 4 is 121 Å². The van der Waals surface area contributed by atoms with Crippen LogP contribution in [0.5, 0.6) is 0 Å². The number of ketones is 1. The second-order valence-corrected chi connectivity index (χ2v) is 38.2. The number of H-pyrrole nitrogens is 3. The molecule has 6 heterocycles. The van der Waals surface area contributed by atoms with Gasteiger partial charge in [-0.1, -0.05) is 247 Å². The zero-order chi connectivity index (χ0) is 102. The van der Waals surface area contributed by atoms with E-state index in [0.717, 1.165) is 67.2 Å². The summed E-state index contributed by atoms with van der Waals surface area (Å²) in [5, 5.41) is 28.7. The quantitative estimate of drug-likeness (QED) is 0.00628. The highest BCUT2D eigenvalue weighted by Gasteiger charge is 2.41. The number of aliphatic hydroxyl groups is 1. The summed E-state index contributed by atoms with van der Waals surface area (Å²) in [6.45, 7) is 13.1. The number of nitrogen functional groups attached to an aromatic ring is 2. The number of hydrogen-bond donors (Lipinski definition) is 10. The third-order valence-electron chi connectivity index (χ3n) is 19.0. The zero-order valence-electron chi connectivity index (χ0n) is 74.1. The van der Waals surface area contributed by atoms with Crippen LogP contribution in [0.25, 0.3) is 56.9 Å². The second kappa shape index (κ2) is 53.0. The SMILES string of the molecule is COC(=O)c1cnc(-c2ccc(C)cc2)[nH]1.COC(=O)c1cnc(-c2ccc(C)cc2)n1N.Cc1ccc(-c2ncc(C(=O)O)[nH]2)cc1.Cc1ccc(-c2ncc(C(=O)O)n2N)cc1.Cc1ccc(-c2ncc(C(F)(F)F)[nH]2)cc1.Cc1ccc(C=O)cc1.NCC1(O)CCN(C(=O)c2ccc(F)cc2)CC1.NOP(=O)(c1ccccc1)c1ccccc1.O=C(C(Br)Br)C(F)(F)F.O=S(=O)(Cl)Cl. The molecule has 44 heteroatoms. The van der Waals surface area contributed by atoms with E-state index in [1.165, 1.54) is 79.1 Å². The molecule has 137 heavy (non-hydrogen) atoms. The Hall–Kier alpha value is -13.6. The molecule has 724 valence electrons. The predicted molar refractivity (Wildman–Crippen MR) is 513 cm³/mol. The molecule has 1 aliphatic heterocycles. The second-order valence-electron chi connectivity index (χ2n) is 29.2. The van der Waals surface area contributed by atoms with Crippen LogP contribution >= 0.6 is 60.6 Å². The van der Waals surface area contributed by atoms with E-state index in [4.69, 9.17) is 46.6 Å². The first-order valence-corrected chi connectivity index (χ1v) is 46.6. The van der Waals surface area contributed by atoms with Gasteiger partial charge in [-0.3, -0.25) is 18.9 Å². The number of carboxylic acid groups (broad SMARTS) is 2. The number of carboxylic acids is 2. The molecular weight excluding hydrogens is 2010 g/mol. The van der Waals surface area contributed by atoms with Gasteiger partial charge in [-0.25, -0.2) is 68.4 Å². The number of rotatable bonds is 16. The number of nitrogens with zero attached hydrogens (tertiary/aromatic N) is 8. The Labute approximate surface area is 807 Å². The fourth-order valence-corrected chi connectivity index (χ4v) is 13.6. The average Bonchev–Trinajstić information content (AvgIpc) is 1.78. The molecule has 0 saturated carbocycles. The van der Waals surface area contributed by atoms with E-state index in [0.29, 0.717) is 76.7 Å². The van der Waals surface area contributed by atoms with Crippen molar-refractivity contribution in [2.75, 3.05) is 45.5 Å². The molecule has 14 aromatic rings. The van der Waals surface area contributed by atoms with Crippen molar-refractivity contribution in [1.29, 1.82) is 0 Å². The van der Waals surface area contributed by atoms with E-state index in [1.807, 2.05) is 211 Å². The number of amides is 1. The number of carbonyl (C=O) groups excluding carboxylic acids is 5. The molecule has 0 radical (unpaired) electrons. The molecule has 1 amide bonds. The van der Waals surface area contributed by atoms with Gasteiger partial charge in [0.25, 0.3) is 19.1 Å². The fraction of sp³-hybridized carbons (Fsp3) is 0.183. The highest BCUT2D eigenvalue weighted by atomic mass is 79.9. The van der Waals surface area contributed by atoms with Crippen LogP contribution in [0.15, 0.2) is 262 Å². The normalized spacial score (nSPS) is 11.7. The maximum atomic E-state index is 12.8. The lowest BCUT2D eigenvalue weighted by Crippen LogP contribution is -2.50. The smallest absolute Gasteiger partial charge is 0.452 e. The molecule has 14 N–H and O–H groups in total. The largest absolute Gasteiger partial charge is 0.477 e. The number of piperidine rings is 1. The summed E-state index contributed by atoms with van der Waals surface area (Å²) in [4.78, 5) is 106. The summed E-state index contributed by atoms with van der Waals surface area (Å²) in [6, 6.07) is 68.9. The lowest BCUT2D eigenvalue weighted by Gasteiger charge is -2.37. The number of alkyl halides is 8. The third kappa shape index (κ3) is 36.2. The minimum absolute atomic E-state index is 0.0319. The monoisotopic (exact) mass is 2100 g/mol. The Balaban J connectivity index is 0.000000237. The summed E-state index contributed by atoms with van der Waals surface area (Å²) in [5.41, 5.74) is 16.6. The minimum Gasteiger partial charge on any atom is -0.477 e. The van der Waals surface area contributed by atoms with Gasteiger partial charge in [0.05, 0.1) is 50.8 Å². The third-order valence-corrected chi connectivity index (χ3v) is 22.0. The van der Waals surface area contributed by atoms with Crippen molar-refractivity contribution in [2.24, 2.45) is 11.6 Å². The Kier molecular flexibility index (Phi) is 43.4. The van der Waals surface area contributed by atoms with Crippen molar-refractivity contribution in [3.63, 3.8) is 0 Å². The van der Waals surface area contributed by atoms with Crippen molar-refractivity contribution in [3.8, 4) is 56.9 Å². The number of benzene rings is 9. The fourth-order valence-electron chi connectivity index (χ4n) is 11.4. The lowest BCUT2D eigenvalue weighted by molar-refractivity contribution is -0.168. The highest BCUT2D eigenvalue weighted by Crippen LogP contribution is 2.42. The Morgan fingerprint density at radius 1 is 0.518 bits per heavy atom. The van der Waals surface area contributed by atoms with Gasteiger partial charge in [-0.05, 0) is 103 Å². The van der Waals surface area contributed by atoms with E-state index in [-0.39, 0.29) is 41.2 Å². The van der Waals surface area contributed by atoms with Crippen molar-refractivity contribution < 1.29 is 107 Å². The number of methoxy groups -OCH3 is 2. The Morgan fingerprint density at radius 2 is 0.869 bits per heavy atom. The number of esters is 2. The van der Waals surface area contributed by atoms with Gasteiger partial charge in [0.2, 0.25) is 0 Å². The topological polar surface area (TPSA) is 488 Å². The van der Waals surface area contributed by atoms with E-state index in [2.05, 4.69) is 103 Å². The standard InChI is InChI=1S/C13H17FN2O2.C12H13N3O2.C12H12N2O2.C12H12NO2P.C11H9F3N2.C11H11N3O2.C11H10N2O2.C8H8O.C3HBr2F3O.Cl2O2S/c14-11-3-1-10(2-4-11)12(17)16-7-5-13(18,9-15)6-8-16;1-8-3-5-9(6-4-8)11-14-7-10(15(11)13)12(16)17-2;1-8-3-5-9(6-4-8)11-13-7-10(14-11)12(15)16-2;13-15-16(14,11-7-3-1-4-8-11)12-9-5-2-6-10-12;1-7-2-4-8(5-3-7)10-15-6-9(16-10)11(12,13)14;1-7-2-4-8(5-3-7)10-13-6-9(11(15)16)14(10)12;1-7-2-4-8(5-3-7)10-12-6-9(13-10)11(14)15;1-7-2-4-8(6-9)5-3-7;4-2(5)1(9)3(6,7)8;1-5(2,3)4/h1-4,18H,5-9,15H2;3-7H,13H2,1-2H3;3-7H,1-2H3,(H,13,14);1-10H,13H2;2-6H,1H3,(H,15,16);2-6H,12H2,1H3,(H,15,16);2-6H,1H3,(H,12,13)(H,14,15);2-6H,1H3;2H;. The molecule has 1 fully saturated rings. The number of aldehydes is 1. The summed E-state index contributed by atoms with van der Waals surface area (Å²) in [5.74, 6) is 13.8. The first-order chi connectivity index (χ1) is 64.5. The number of ether oxygens (including phenoxy) is 2. The molecule has 0 unspecified atom stereocenters. The van der Waals surface area contributed by atoms with Crippen LogP contribution < -0.4 is 33.9 Å². The number of halogens is 11. The maximum absolute atomic E-state index is 12.8. The number of carbonyl (C=O) groups is 7. The molecule has 0 atom stereocenters. The first-order valence-electron chi connectivity index (χ1n) is 40.0. The van der Waals surface area contributed by atoms with Crippen LogP contribution in [0, 0.1) is 47.4 Å². The van der Waals surface area contributed by atoms with Crippen LogP contribution in [0.1, 0.15) is 115 Å². The molecule has 0 spiro atoms. The Bertz CT molecular complexity index is 6370. The molecule has 9 aromatic carbocycles. The number of hydrogen-bond acceptors (Lipinski definition) is 23. The van der Waals surface area contributed by atoms with Crippen molar-refractivity contribution in [2.45, 2.75) is 76.1 Å². The molecule has 1 saturated heterocycles. The van der Waals surface area contributed by atoms with Gasteiger partial charge in [0.15, 0.2) is 23.0 Å². The molecule has 5 aromatic heterocycles. The lowest BCUT2D eigenvalue weighted by atomic mass is 9.91. The number of imidazole rings is 5. The number of nitrogens with one attached hydrogen (secondary N) is 3. The van der Waals surface area contributed by atoms with Crippen LogP contribution in [-0.4, -0.2) is 169 Å². The van der Waals surface area contributed by atoms with Crippen molar-refractivity contribution in [3.05, 3.63) is 340 Å². The van der Waals surface area contributed by atoms with E-state index < -0.39 is 72.7 Å². The molecular formula is C93H93Br2Cl2F7N15O16PS. The van der Waals surface area contributed by atoms with E-state index in [9.17, 15) is 74.0 Å². The summed E-state index contributed by atoms with van der Waals surface area (Å²) < 4.78 is 129. The molecule has 0 bridgehead atoms. The number of nitrogens with two attached hydrogens (primary N) is 4. The summed E-state index contributed by atoms with van der Waals surface area (Å²) >= 11 is 4.85. The van der Waals surface area contributed by atoms with Gasteiger partial charge in [-0.2, -0.15) is 34.8 Å². The van der Waals surface area contributed by atoms with Crippen LogP contribution in [0.4, 0.5) is 30.7 Å². The number of Topliss-reactive ketones (excluding diaryl/α,β-unsaturated/α-hetero) is 1. The number of aromatic nitrogens is 10. The van der Waals surface area contributed by atoms with Gasteiger partial charge in [0, 0.05) is 90.6 Å². The van der Waals surface area contributed by atoms with Gasteiger partial charge in [-0.15, -0.1) is 0 Å². The van der Waals surface area contributed by atoms with Crippen molar-refractivity contribution in [1.82, 2.24) is 54.1 Å². The van der Waals surface area contributed by atoms with Crippen LogP contribution in [0.2, 0.25) is 0 Å². The van der Waals surface area contributed by atoms with E-state index in [1.54, 1.807) is 41.3 Å². The highest BCUT2D eigenvalue weighted by molar-refractivity contribution is 9.25. The van der Waals surface area contributed by atoms with Gasteiger partial charge < -0.3 is 62.1 Å². The zero-order valence-corrected chi connectivity index (χ0v) is 80.5. The van der Waals surface area contributed by atoms with Crippen LogP contribution in [0.3, 0.4) is 0 Å². The Morgan fingerprint density at radius 3 is 1.18 bits per heavy atom. The number of aryl methyl sites for hydroxylation is 6.